The van der Waals surface area contributed by atoms with Gasteiger partial charge < -0.3 is 4.90 Å². The van der Waals surface area contributed by atoms with Crippen LogP contribution in [-0.2, 0) is 0 Å². The minimum Gasteiger partial charge on any atom is -0.358 e. The molecule has 0 radical (unpaired) electrons. The van der Waals surface area contributed by atoms with Gasteiger partial charge in [0.25, 0.3) is 0 Å². The van der Waals surface area contributed by atoms with Gasteiger partial charge in [0, 0.05) is 13.6 Å². The molecule has 0 unspecified atom stereocenters. The maximum atomic E-state index is 6.08. The number of rotatable bonds is 1. The summed E-state index contributed by atoms with van der Waals surface area (Å²) in [4.78, 5) is 6.44. The molecule has 0 aromatic heterocycles. The highest BCUT2D eigenvalue weighted by Gasteiger charge is 2.19. The first-order valence-electron chi connectivity index (χ1n) is 4.40. The van der Waals surface area contributed by atoms with Crippen molar-refractivity contribution in [1.82, 2.24) is 4.90 Å². The van der Waals surface area contributed by atoms with E-state index in [0.29, 0.717) is 10.0 Å². The quantitative estimate of drug-likeness (QED) is 0.722. The van der Waals surface area contributed by atoms with Crippen LogP contribution < -0.4 is 0 Å². The molecule has 74 valence electrons. The summed E-state index contributed by atoms with van der Waals surface area (Å²) in [6.45, 7) is 1.74. The van der Waals surface area contributed by atoms with Crippen LogP contribution in [0.25, 0.3) is 0 Å². The zero-order valence-corrected chi connectivity index (χ0v) is 9.31. The lowest BCUT2D eigenvalue weighted by atomic mass is 10.2. The molecule has 0 saturated carbocycles. The molecule has 0 atom stereocenters. The SMILES string of the molecule is CN1CCN=C1c1c(Cl)cccc1Cl. The molecular formula is C10H10Cl2N2. The summed E-state index contributed by atoms with van der Waals surface area (Å²) in [5.41, 5.74) is 0.843. The van der Waals surface area contributed by atoms with Crippen molar-refractivity contribution >= 4 is 29.0 Å². The zero-order valence-electron chi connectivity index (χ0n) is 7.80. The van der Waals surface area contributed by atoms with Crippen LogP contribution >= 0.6 is 23.2 Å². The van der Waals surface area contributed by atoms with Gasteiger partial charge in [-0.3, -0.25) is 4.99 Å². The van der Waals surface area contributed by atoms with Gasteiger partial charge in [0.05, 0.1) is 22.2 Å². The standard InChI is InChI=1S/C10H10Cl2N2/c1-14-6-5-13-10(14)9-7(11)3-2-4-8(9)12/h2-4H,5-6H2,1H3. The van der Waals surface area contributed by atoms with Gasteiger partial charge in [0.15, 0.2) is 0 Å². The number of benzene rings is 1. The van der Waals surface area contributed by atoms with Gasteiger partial charge in [-0.25, -0.2) is 0 Å². The summed E-state index contributed by atoms with van der Waals surface area (Å²) < 4.78 is 0. The second-order valence-corrected chi connectivity index (χ2v) is 4.04. The number of halogens is 2. The molecule has 0 bridgehead atoms. The Balaban J connectivity index is 2.50. The molecule has 0 fully saturated rings. The Bertz CT molecular complexity index is 367. The van der Waals surface area contributed by atoms with Crippen LogP contribution in [0.15, 0.2) is 23.2 Å². The van der Waals surface area contributed by atoms with Crippen LogP contribution in [0.4, 0.5) is 0 Å². The third-order valence-corrected chi connectivity index (χ3v) is 2.87. The summed E-state index contributed by atoms with van der Waals surface area (Å²) in [6.07, 6.45) is 0. The summed E-state index contributed by atoms with van der Waals surface area (Å²) in [6, 6.07) is 5.50. The Kier molecular flexibility index (Phi) is 2.66. The number of aliphatic imine (C=N–C) groups is 1. The first-order chi connectivity index (χ1) is 6.70. The highest BCUT2D eigenvalue weighted by atomic mass is 35.5. The van der Waals surface area contributed by atoms with Gasteiger partial charge >= 0.3 is 0 Å². The van der Waals surface area contributed by atoms with E-state index in [0.717, 1.165) is 24.5 Å². The molecule has 1 heterocycles. The summed E-state index contributed by atoms with van der Waals surface area (Å²) in [5, 5.41) is 1.31. The maximum absolute atomic E-state index is 6.08. The molecule has 4 heteroatoms. The van der Waals surface area contributed by atoms with Crippen LogP contribution in [0.1, 0.15) is 5.56 Å². The van der Waals surface area contributed by atoms with E-state index < -0.39 is 0 Å². The molecule has 1 aliphatic rings. The van der Waals surface area contributed by atoms with Crippen molar-refractivity contribution < 1.29 is 0 Å². The zero-order chi connectivity index (χ0) is 10.1. The molecule has 0 aliphatic carbocycles. The first-order valence-corrected chi connectivity index (χ1v) is 5.15. The fourth-order valence-electron chi connectivity index (χ4n) is 1.51. The average Bonchev–Trinajstić information content (AvgIpc) is 2.52. The summed E-state index contributed by atoms with van der Waals surface area (Å²) in [7, 11) is 1.99. The molecule has 14 heavy (non-hydrogen) atoms. The second-order valence-electron chi connectivity index (χ2n) is 3.22. The molecule has 1 aromatic rings. The highest BCUT2D eigenvalue weighted by Crippen LogP contribution is 2.26. The number of amidine groups is 1. The maximum Gasteiger partial charge on any atom is 0.133 e. The Morgan fingerprint density at radius 2 is 1.93 bits per heavy atom. The van der Waals surface area contributed by atoms with Crippen molar-refractivity contribution in [2.45, 2.75) is 0 Å². The Labute approximate surface area is 93.1 Å². The van der Waals surface area contributed by atoms with E-state index in [-0.39, 0.29) is 0 Å². The molecule has 2 rings (SSSR count). The van der Waals surface area contributed by atoms with Crippen molar-refractivity contribution in [1.29, 1.82) is 0 Å². The molecule has 2 nitrogen and oxygen atoms in total. The average molecular weight is 229 g/mol. The van der Waals surface area contributed by atoms with Crippen LogP contribution in [0.2, 0.25) is 10.0 Å². The van der Waals surface area contributed by atoms with Crippen molar-refractivity contribution in [3.8, 4) is 0 Å². The Hall–Kier alpha value is -0.730. The molecule has 0 saturated heterocycles. The summed E-state index contributed by atoms with van der Waals surface area (Å²) in [5.74, 6) is 0.889. The lowest BCUT2D eigenvalue weighted by Crippen LogP contribution is -2.24. The van der Waals surface area contributed by atoms with Gasteiger partial charge in [-0.1, -0.05) is 29.3 Å². The van der Waals surface area contributed by atoms with Crippen LogP contribution in [0.3, 0.4) is 0 Å². The minimum atomic E-state index is 0.657. The van der Waals surface area contributed by atoms with E-state index in [1.54, 1.807) is 0 Å². The molecular weight excluding hydrogens is 219 g/mol. The van der Waals surface area contributed by atoms with E-state index in [1.165, 1.54) is 0 Å². The van der Waals surface area contributed by atoms with E-state index in [2.05, 4.69) is 9.89 Å². The van der Waals surface area contributed by atoms with Crippen LogP contribution in [0.5, 0.6) is 0 Å². The van der Waals surface area contributed by atoms with Gasteiger partial charge in [0.2, 0.25) is 0 Å². The Morgan fingerprint density at radius 1 is 1.29 bits per heavy atom. The molecule has 1 aromatic carbocycles. The van der Waals surface area contributed by atoms with E-state index in [9.17, 15) is 0 Å². The lowest BCUT2D eigenvalue weighted by molar-refractivity contribution is 0.557. The molecule has 0 N–H and O–H groups in total. The lowest BCUT2D eigenvalue weighted by Gasteiger charge is -2.15. The van der Waals surface area contributed by atoms with Crippen molar-refractivity contribution in [2.75, 3.05) is 20.1 Å². The fraction of sp³-hybridized carbons (Fsp3) is 0.300. The number of nitrogens with zero attached hydrogens (tertiary/aromatic N) is 2. The van der Waals surface area contributed by atoms with Gasteiger partial charge in [-0.2, -0.15) is 0 Å². The minimum absolute atomic E-state index is 0.657. The second kappa shape index (κ2) is 3.79. The third-order valence-electron chi connectivity index (χ3n) is 2.24. The normalized spacial score (nSPS) is 15.9. The number of likely N-dealkylation sites (N-methyl/N-ethyl adjacent to an activating group) is 1. The van der Waals surface area contributed by atoms with Crippen molar-refractivity contribution in [3.63, 3.8) is 0 Å². The topological polar surface area (TPSA) is 15.6 Å². The van der Waals surface area contributed by atoms with E-state index in [4.69, 9.17) is 23.2 Å². The number of hydrogen-bond donors (Lipinski definition) is 0. The van der Waals surface area contributed by atoms with Crippen LogP contribution in [-0.4, -0.2) is 30.9 Å². The van der Waals surface area contributed by atoms with E-state index >= 15 is 0 Å². The van der Waals surface area contributed by atoms with Crippen molar-refractivity contribution in [2.24, 2.45) is 4.99 Å². The fourth-order valence-corrected chi connectivity index (χ4v) is 2.08. The third kappa shape index (κ3) is 1.60. The van der Waals surface area contributed by atoms with E-state index in [1.807, 2.05) is 25.2 Å². The Morgan fingerprint density at radius 3 is 2.43 bits per heavy atom. The largest absolute Gasteiger partial charge is 0.358 e. The monoisotopic (exact) mass is 228 g/mol. The van der Waals surface area contributed by atoms with Crippen LogP contribution in [0, 0.1) is 0 Å². The van der Waals surface area contributed by atoms with Gasteiger partial charge in [0.1, 0.15) is 5.84 Å². The van der Waals surface area contributed by atoms with Gasteiger partial charge in [-0.15, -0.1) is 0 Å². The number of hydrogen-bond acceptors (Lipinski definition) is 2. The molecule has 1 aliphatic heterocycles. The molecule has 0 amide bonds. The predicted octanol–water partition coefficient (Wildman–Crippen LogP) is 2.69. The summed E-state index contributed by atoms with van der Waals surface area (Å²) >= 11 is 12.2. The van der Waals surface area contributed by atoms with Gasteiger partial charge in [-0.05, 0) is 12.1 Å². The molecule has 0 spiro atoms. The highest BCUT2D eigenvalue weighted by molar-refractivity contribution is 6.40. The smallest absolute Gasteiger partial charge is 0.133 e. The predicted molar refractivity (Wildman–Crippen MR) is 60.5 cm³/mol. The first kappa shape index (κ1) is 9.81. The van der Waals surface area contributed by atoms with Crippen molar-refractivity contribution in [3.05, 3.63) is 33.8 Å².